The number of amides is 2. The van der Waals surface area contributed by atoms with Gasteiger partial charge >= 0.3 is 6.03 Å². The van der Waals surface area contributed by atoms with Crippen molar-refractivity contribution in [2.45, 2.75) is 13.3 Å². The lowest BCUT2D eigenvalue weighted by molar-refractivity contribution is 0.211. The maximum atomic E-state index is 10.5. The predicted molar refractivity (Wildman–Crippen MR) is 38.0 cm³/mol. The number of primary amides is 1. The van der Waals surface area contributed by atoms with Crippen LogP contribution in [0.4, 0.5) is 4.79 Å². The van der Waals surface area contributed by atoms with Crippen LogP contribution in [0, 0.1) is 6.54 Å². The molecule has 2 amide bonds. The van der Waals surface area contributed by atoms with Gasteiger partial charge in [0.1, 0.15) is 0 Å². The zero-order valence-corrected chi connectivity index (χ0v) is 6.08. The molecule has 1 radical (unpaired) electrons. The van der Waals surface area contributed by atoms with Gasteiger partial charge in [-0.05, 0) is 13.3 Å². The molecule has 0 saturated carbocycles. The number of nitrogens with zero attached hydrogens (tertiary/aromatic N) is 1. The molecule has 0 heterocycles. The lowest BCUT2D eigenvalue weighted by atomic mass is 10.4. The van der Waals surface area contributed by atoms with Gasteiger partial charge in [-0.2, -0.15) is 0 Å². The minimum atomic E-state index is -0.476. The molecule has 0 aliphatic rings. The number of carbonyl (C=O) groups is 1. The Kier molecular flexibility index (Phi) is 4.66. The van der Waals surface area contributed by atoms with E-state index in [1.54, 1.807) is 13.5 Å². The summed E-state index contributed by atoms with van der Waals surface area (Å²) < 4.78 is 0. The lowest BCUT2D eigenvalue weighted by Crippen LogP contribution is -2.33. The number of hydrogen-bond acceptors (Lipinski definition) is 2. The summed E-state index contributed by atoms with van der Waals surface area (Å²) in [5.41, 5.74) is 4.96. The van der Waals surface area contributed by atoms with Crippen LogP contribution in [-0.4, -0.2) is 29.2 Å². The Bertz CT molecular complexity index is 106. The molecule has 0 aliphatic heterocycles. The van der Waals surface area contributed by atoms with Crippen molar-refractivity contribution >= 4 is 6.03 Å². The molecule has 4 heteroatoms. The molecule has 0 saturated heterocycles. The molecule has 0 aromatic rings. The van der Waals surface area contributed by atoms with Crippen LogP contribution < -0.4 is 5.73 Å². The van der Waals surface area contributed by atoms with Gasteiger partial charge in [0.2, 0.25) is 0 Å². The summed E-state index contributed by atoms with van der Waals surface area (Å²) in [5, 5.41) is 8.40. The maximum absolute atomic E-state index is 10.5. The second-order valence-corrected chi connectivity index (χ2v) is 1.87. The average molecular weight is 145 g/mol. The zero-order valence-electron chi connectivity index (χ0n) is 6.08. The smallest absolute Gasteiger partial charge is 0.315 e. The van der Waals surface area contributed by atoms with Crippen molar-refractivity contribution < 1.29 is 9.90 Å². The summed E-state index contributed by atoms with van der Waals surface area (Å²) in [6.45, 7) is 3.89. The monoisotopic (exact) mass is 145 g/mol. The van der Waals surface area contributed by atoms with E-state index in [2.05, 4.69) is 0 Å². The quantitative estimate of drug-likeness (QED) is 0.581. The highest BCUT2D eigenvalue weighted by atomic mass is 16.3. The number of aliphatic hydroxyl groups excluding tert-OH is 1. The molecule has 10 heavy (non-hydrogen) atoms. The largest absolute Gasteiger partial charge is 0.396 e. The van der Waals surface area contributed by atoms with Crippen molar-refractivity contribution in [3.8, 4) is 0 Å². The number of urea groups is 1. The average Bonchev–Trinajstić information content (AvgIpc) is 1.89. The van der Waals surface area contributed by atoms with Crippen LogP contribution in [0.15, 0.2) is 0 Å². The number of carbonyl (C=O) groups excluding carboxylic acids is 1. The van der Waals surface area contributed by atoms with Gasteiger partial charge in [-0.25, -0.2) is 4.79 Å². The van der Waals surface area contributed by atoms with Gasteiger partial charge in [-0.15, -0.1) is 0 Å². The van der Waals surface area contributed by atoms with Crippen LogP contribution in [0.5, 0.6) is 0 Å². The molecule has 0 rings (SSSR count). The first-order chi connectivity index (χ1) is 4.72. The molecule has 0 aromatic carbocycles. The Morgan fingerprint density at radius 2 is 2.40 bits per heavy atom. The summed E-state index contributed by atoms with van der Waals surface area (Å²) in [6, 6.07) is -0.476. The molecule has 59 valence electrons. The third kappa shape index (κ3) is 3.29. The van der Waals surface area contributed by atoms with E-state index in [1.165, 1.54) is 4.90 Å². The fourth-order valence-electron chi connectivity index (χ4n) is 0.608. The Morgan fingerprint density at radius 1 is 1.80 bits per heavy atom. The van der Waals surface area contributed by atoms with E-state index in [-0.39, 0.29) is 6.61 Å². The van der Waals surface area contributed by atoms with Crippen LogP contribution in [0.2, 0.25) is 0 Å². The first kappa shape index (κ1) is 9.23. The molecule has 0 bridgehead atoms. The topological polar surface area (TPSA) is 66.6 Å². The predicted octanol–water partition coefficient (Wildman–Crippen LogP) is -0.0688. The molecule has 3 N–H and O–H groups in total. The Balaban J connectivity index is 3.50. The van der Waals surface area contributed by atoms with Gasteiger partial charge < -0.3 is 15.7 Å². The van der Waals surface area contributed by atoms with E-state index in [4.69, 9.17) is 10.8 Å². The third-order valence-electron chi connectivity index (χ3n) is 1.15. The van der Waals surface area contributed by atoms with Crippen LogP contribution in [-0.2, 0) is 0 Å². The standard InChI is InChI=1S/C6H13N2O2/c1-2-8(6(7)10)4-3-5-9/h2,9H,3-5H2,1H3,(H2,7,10). The molecule has 4 nitrogen and oxygen atoms in total. The van der Waals surface area contributed by atoms with E-state index >= 15 is 0 Å². The zero-order chi connectivity index (χ0) is 7.98. The molecule has 0 atom stereocenters. The highest BCUT2D eigenvalue weighted by Gasteiger charge is 2.04. The van der Waals surface area contributed by atoms with Gasteiger partial charge in [0.15, 0.2) is 0 Å². The third-order valence-corrected chi connectivity index (χ3v) is 1.15. The van der Waals surface area contributed by atoms with Crippen molar-refractivity contribution in [3.05, 3.63) is 6.54 Å². The van der Waals surface area contributed by atoms with Gasteiger partial charge in [0, 0.05) is 13.2 Å². The normalized spacial score (nSPS) is 9.40. The number of nitrogens with two attached hydrogens (primary N) is 1. The Hall–Kier alpha value is -0.770. The van der Waals surface area contributed by atoms with Crippen molar-refractivity contribution in [2.24, 2.45) is 5.73 Å². The van der Waals surface area contributed by atoms with Gasteiger partial charge in [0.25, 0.3) is 0 Å². The Labute approximate surface area is 60.6 Å². The fourth-order valence-corrected chi connectivity index (χ4v) is 0.608. The molecular weight excluding hydrogens is 132 g/mol. The fraction of sp³-hybridized carbons (Fsp3) is 0.667. The number of aliphatic hydroxyl groups is 1. The van der Waals surface area contributed by atoms with Crippen molar-refractivity contribution in [3.63, 3.8) is 0 Å². The van der Waals surface area contributed by atoms with Gasteiger partial charge in [-0.1, -0.05) is 0 Å². The highest BCUT2D eigenvalue weighted by Crippen LogP contribution is 1.92. The van der Waals surface area contributed by atoms with Crippen molar-refractivity contribution in [1.29, 1.82) is 0 Å². The maximum Gasteiger partial charge on any atom is 0.315 e. The minimum Gasteiger partial charge on any atom is -0.396 e. The van der Waals surface area contributed by atoms with E-state index in [0.29, 0.717) is 13.0 Å². The summed E-state index contributed by atoms with van der Waals surface area (Å²) >= 11 is 0. The SMILES string of the molecule is C[CH]N(CCCO)C(N)=O. The second kappa shape index (κ2) is 5.05. The van der Waals surface area contributed by atoms with Crippen LogP contribution in [0.3, 0.4) is 0 Å². The molecule has 0 aliphatic carbocycles. The van der Waals surface area contributed by atoms with E-state index in [1.807, 2.05) is 0 Å². The second-order valence-electron chi connectivity index (χ2n) is 1.87. The van der Waals surface area contributed by atoms with Crippen LogP contribution in [0.1, 0.15) is 13.3 Å². The van der Waals surface area contributed by atoms with E-state index in [9.17, 15) is 4.79 Å². The highest BCUT2D eigenvalue weighted by molar-refractivity contribution is 5.72. The summed E-state index contributed by atoms with van der Waals surface area (Å²) in [5.74, 6) is 0. The van der Waals surface area contributed by atoms with Gasteiger partial charge in [0.05, 0.1) is 6.54 Å². The first-order valence-electron chi connectivity index (χ1n) is 3.18. The summed E-state index contributed by atoms with van der Waals surface area (Å²) in [4.78, 5) is 11.8. The van der Waals surface area contributed by atoms with E-state index in [0.717, 1.165) is 0 Å². The molecule has 0 unspecified atom stereocenters. The summed E-state index contributed by atoms with van der Waals surface area (Å²) in [6.07, 6.45) is 0.563. The van der Waals surface area contributed by atoms with E-state index < -0.39 is 6.03 Å². The summed E-state index contributed by atoms with van der Waals surface area (Å²) in [7, 11) is 0. The van der Waals surface area contributed by atoms with Crippen molar-refractivity contribution in [1.82, 2.24) is 4.90 Å². The number of rotatable bonds is 4. The molecule has 0 fully saturated rings. The van der Waals surface area contributed by atoms with Crippen molar-refractivity contribution in [2.75, 3.05) is 13.2 Å². The molecular formula is C6H13N2O2. The molecule has 0 aromatic heterocycles. The van der Waals surface area contributed by atoms with Gasteiger partial charge in [-0.3, -0.25) is 0 Å². The van der Waals surface area contributed by atoms with Crippen LogP contribution >= 0.6 is 0 Å². The van der Waals surface area contributed by atoms with Crippen LogP contribution in [0.25, 0.3) is 0 Å². The minimum absolute atomic E-state index is 0.0810. The lowest BCUT2D eigenvalue weighted by Gasteiger charge is -2.15. The Morgan fingerprint density at radius 3 is 2.70 bits per heavy atom. The number of hydrogen-bond donors (Lipinski definition) is 2. The first-order valence-corrected chi connectivity index (χ1v) is 3.18. The molecule has 0 spiro atoms.